The molecule has 0 bridgehead atoms. The predicted octanol–water partition coefficient (Wildman–Crippen LogP) is 2.13. The van der Waals surface area contributed by atoms with Gasteiger partial charge in [0, 0.05) is 44.7 Å². The first-order chi connectivity index (χ1) is 10.0. The second-order valence-electron chi connectivity index (χ2n) is 5.07. The van der Waals surface area contributed by atoms with Gasteiger partial charge >= 0.3 is 0 Å². The molecule has 2 heterocycles. The van der Waals surface area contributed by atoms with Crippen molar-refractivity contribution in [2.75, 3.05) is 19.4 Å². The number of carbonyl (C=O) groups is 1. The van der Waals surface area contributed by atoms with E-state index in [1.54, 1.807) is 30.3 Å². The molecule has 0 spiro atoms. The lowest BCUT2D eigenvalue weighted by molar-refractivity contribution is -0.128. The number of nitrogens with one attached hydrogen (secondary N) is 1. The number of rotatable bonds is 7. The van der Waals surface area contributed by atoms with Gasteiger partial charge in [0.2, 0.25) is 5.91 Å². The Morgan fingerprint density at radius 1 is 1.48 bits per heavy atom. The van der Waals surface area contributed by atoms with Crippen LogP contribution in [-0.2, 0) is 17.9 Å². The van der Waals surface area contributed by atoms with Gasteiger partial charge in [-0.1, -0.05) is 0 Å². The molecule has 114 valence electrons. The zero-order valence-electron chi connectivity index (χ0n) is 12.7. The van der Waals surface area contributed by atoms with Crippen LogP contribution >= 0.6 is 11.3 Å². The largest absolute Gasteiger partial charge is 0.363 e. The van der Waals surface area contributed by atoms with Gasteiger partial charge in [-0.3, -0.25) is 9.48 Å². The van der Waals surface area contributed by atoms with Gasteiger partial charge in [0.1, 0.15) is 5.82 Å². The Labute approximate surface area is 128 Å². The quantitative estimate of drug-likeness (QED) is 0.851. The molecule has 2 aromatic heterocycles. The summed E-state index contributed by atoms with van der Waals surface area (Å²) in [5.41, 5.74) is 1.03. The van der Waals surface area contributed by atoms with Gasteiger partial charge in [0.25, 0.3) is 0 Å². The van der Waals surface area contributed by atoms with Crippen LogP contribution in [0.1, 0.15) is 23.5 Å². The van der Waals surface area contributed by atoms with Crippen molar-refractivity contribution in [2.24, 2.45) is 0 Å². The Morgan fingerprint density at radius 3 is 2.95 bits per heavy atom. The first-order valence-corrected chi connectivity index (χ1v) is 7.81. The Kier molecular flexibility index (Phi) is 5.32. The van der Waals surface area contributed by atoms with Crippen molar-refractivity contribution in [3.05, 3.63) is 28.3 Å². The summed E-state index contributed by atoms with van der Waals surface area (Å²) in [5.74, 6) is 0.985. The van der Waals surface area contributed by atoms with Gasteiger partial charge in [0.15, 0.2) is 0 Å². The second kappa shape index (κ2) is 7.21. The van der Waals surface area contributed by atoms with Crippen molar-refractivity contribution in [2.45, 2.75) is 32.9 Å². The van der Waals surface area contributed by atoms with Crippen molar-refractivity contribution >= 4 is 23.1 Å². The van der Waals surface area contributed by atoms with Crippen LogP contribution in [0.4, 0.5) is 5.82 Å². The van der Waals surface area contributed by atoms with Crippen LogP contribution in [-0.4, -0.2) is 39.7 Å². The summed E-state index contributed by atoms with van der Waals surface area (Å²) in [4.78, 5) is 17.5. The molecule has 0 unspecified atom stereocenters. The first kappa shape index (κ1) is 15.5. The van der Waals surface area contributed by atoms with Crippen molar-refractivity contribution < 1.29 is 4.79 Å². The third-order valence-electron chi connectivity index (χ3n) is 3.03. The maximum atomic E-state index is 11.5. The molecule has 2 aromatic rings. The average molecular weight is 307 g/mol. The molecule has 0 aliphatic carbocycles. The minimum atomic E-state index is 0.152. The molecule has 0 atom stereocenters. The van der Waals surface area contributed by atoms with Gasteiger partial charge in [0.05, 0.1) is 17.2 Å². The highest BCUT2D eigenvalue weighted by Crippen LogP contribution is 2.10. The minimum Gasteiger partial charge on any atom is -0.363 e. The Morgan fingerprint density at radius 2 is 2.29 bits per heavy atom. The molecule has 6 nitrogen and oxygen atoms in total. The summed E-state index contributed by atoms with van der Waals surface area (Å²) >= 11 is 1.65. The number of aryl methyl sites for hydroxylation is 2. The maximum absolute atomic E-state index is 11.5. The van der Waals surface area contributed by atoms with Crippen molar-refractivity contribution in [1.82, 2.24) is 19.7 Å². The number of nitrogens with zero attached hydrogens (tertiary/aromatic N) is 4. The highest BCUT2D eigenvalue weighted by atomic mass is 32.1. The average Bonchev–Trinajstić information content (AvgIpc) is 3.05. The molecule has 0 aliphatic rings. The highest BCUT2D eigenvalue weighted by molar-refractivity contribution is 7.09. The predicted molar refractivity (Wildman–Crippen MR) is 84.3 cm³/mol. The van der Waals surface area contributed by atoms with Crippen LogP contribution in [0.3, 0.4) is 0 Å². The van der Waals surface area contributed by atoms with E-state index in [4.69, 9.17) is 0 Å². The lowest BCUT2D eigenvalue weighted by Crippen LogP contribution is -2.21. The highest BCUT2D eigenvalue weighted by Gasteiger charge is 2.05. The molecule has 0 aliphatic heterocycles. The standard InChI is InChI=1S/C14H21N5OS/c1-11-16-12(10-21-11)9-15-13-6-8-19(17-13)7-4-5-14(20)18(2)3/h6,8,10H,4-5,7,9H2,1-3H3,(H,15,17). The maximum Gasteiger partial charge on any atom is 0.222 e. The number of carbonyl (C=O) groups excluding carboxylic acids is 1. The van der Waals surface area contributed by atoms with E-state index in [1.165, 1.54) is 0 Å². The molecular formula is C14H21N5OS. The van der Waals surface area contributed by atoms with Gasteiger partial charge in [-0.25, -0.2) is 4.98 Å². The van der Waals surface area contributed by atoms with E-state index < -0.39 is 0 Å². The fourth-order valence-corrected chi connectivity index (χ4v) is 2.48. The zero-order valence-corrected chi connectivity index (χ0v) is 13.5. The summed E-state index contributed by atoms with van der Waals surface area (Å²) in [6.45, 7) is 3.43. The van der Waals surface area contributed by atoms with Crippen LogP contribution in [0.25, 0.3) is 0 Å². The monoisotopic (exact) mass is 307 g/mol. The van der Waals surface area contributed by atoms with E-state index in [0.29, 0.717) is 13.0 Å². The van der Waals surface area contributed by atoms with Gasteiger partial charge in [-0.05, 0) is 13.3 Å². The third kappa shape index (κ3) is 4.86. The SMILES string of the molecule is Cc1nc(CNc2ccn(CCCC(=O)N(C)C)n2)cs1. The van der Waals surface area contributed by atoms with Crippen LogP contribution in [0.5, 0.6) is 0 Å². The van der Waals surface area contributed by atoms with Crippen LogP contribution < -0.4 is 5.32 Å². The van der Waals surface area contributed by atoms with E-state index in [1.807, 2.05) is 29.2 Å². The fourth-order valence-electron chi connectivity index (χ4n) is 1.87. The normalized spacial score (nSPS) is 10.6. The van der Waals surface area contributed by atoms with Gasteiger partial charge in [-0.2, -0.15) is 5.10 Å². The fraction of sp³-hybridized carbons (Fsp3) is 0.500. The van der Waals surface area contributed by atoms with Gasteiger partial charge in [-0.15, -0.1) is 11.3 Å². The van der Waals surface area contributed by atoms with E-state index in [-0.39, 0.29) is 5.91 Å². The Balaban J connectivity index is 1.75. The first-order valence-electron chi connectivity index (χ1n) is 6.93. The summed E-state index contributed by atoms with van der Waals surface area (Å²) < 4.78 is 1.86. The number of aromatic nitrogens is 3. The van der Waals surface area contributed by atoms with E-state index in [9.17, 15) is 4.79 Å². The zero-order chi connectivity index (χ0) is 15.2. The van der Waals surface area contributed by atoms with Crippen molar-refractivity contribution in [1.29, 1.82) is 0 Å². The molecule has 2 rings (SSSR count). The van der Waals surface area contributed by atoms with E-state index >= 15 is 0 Å². The summed E-state index contributed by atoms with van der Waals surface area (Å²) in [6, 6.07) is 1.94. The molecule has 1 amide bonds. The number of hydrogen-bond acceptors (Lipinski definition) is 5. The minimum absolute atomic E-state index is 0.152. The number of hydrogen-bond donors (Lipinski definition) is 1. The second-order valence-corrected chi connectivity index (χ2v) is 6.13. The molecule has 0 fully saturated rings. The molecule has 7 heteroatoms. The topological polar surface area (TPSA) is 63.1 Å². The lowest BCUT2D eigenvalue weighted by atomic mass is 10.3. The smallest absolute Gasteiger partial charge is 0.222 e. The molecule has 0 aromatic carbocycles. The molecule has 1 N–H and O–H groups in total. The molecule has 0 saturated heterocycles. The van der Waals surface area contributed by atoms with Crippen LogP contribution in [0.2, 0.25) is 0 Å². The molecule has 0 radical (unpaired) electrons. The van der Waals surface area contributed by atoms with E-state index in [2.05, 4.69) is 15.4 Å². The van der Waals surface area contributed by atoms with E-state index in [0.717, 1.165) is 29.5 Å². The number of anilines is 1. The van der Waals surface area contributed by atoms with Crippen LogP contribution in [0, 0.1) is 6.92 Å². The van der Waals surface area contributed by atoms with Crippen molar-refractivity contribution in [3.8, 4) is 0 Å². The summed E-state index contributed by atoms with van der Waals surface area (Å²) in [5, 5.41) is 10.8. The lowest BCUT2D eigenvalue weighted by Gasteiger charge is -2.09. The summed E-state index contributed by atoms with van der Waals surface area (Å²) in [6.07, 6.45) is 3.27. The van der Waals surface area contributed by atoms with Crippen molar-refractivity contribution in [3.63, 3.8) is 0 Å². The van der Waals surface area contributed by atoms with Crippen LogP contribution in [0.15, 0.2) is 17.6 Å². The Hall–Kier alpha value is -1.89. The Bertz CT molecular complexity index is 590. The number of amides is 1. The molecule has 0 saturated carbocycles. The summed E-state index contributed by atoms with van der Waals surface area (Å²) in [7, 11) is 3.55. The van der Waals surface area contributed by atoms with Gasteiger partial charge < -0.3 is 10.2 Å². The third-order valence-corrected chi connectivity index (χ3v) is 3.86. The molecular weight excluding hydrogens is 286 g/mol. The molecule has 21 heavy (non-hydrogen) atoms. The number of thiazole rings is 1.